The number of carbonyl (C=O) groups excluding carboxylic acids is 1. The van der Waals surface area contributed by atoms with Gasteiger partial charge in [0.05, 0.1) is 5.54 Å². The number of nitrogens with one attached hydrogen (secondary N) is 1. The number of hydrogen-bond donors (Lipinski definition) is 1. The SMILES string of the molecule is O=C(NC1(c2ccc(F)cc2)CCOCC1)[C@@H]1C[C@H]1c1ccccc1. The Morgan fingerprint density at radius 2 is 1.72 bits per heavy atom. The van der Waals surface area contributed by atoms with Crippen molar-refractivity contribution in [3.8, 4) is 0 Å². The Bertz CT molecular complexity index is 738. The Labute approximate surface area is 147 Å². The summed E-state index contributed by atoms with van der Waals surface area (Å²) in [6.07, 6.45) is 2.33. The Morgan fingerprint density at radius 3 is 2.40 bits per heavy atom. The van der Waals surface area contributed by atoms with Gasteiger partial charge in [0.25, 0.3) is 0 Å². The second-order valence-electron chi connectivity index (χ2n) is 7.05. The predicted octanol–water partition coefficient (Wildman–Crippen LogP) is 3.75. The fourth-order valence-electron chi connectivity index (χ4n) is 3.86. The first kappa shape index (κ1) is 16.3. The minimum absolute atomic E-state index is 0.0302. The first-order valence-electron chi connectivity index (χ1n) is 8.89. The lowest BCUT2D eigenvalue weighted by molar-refractivity contribution is -0.125. The third kappa shape index (κ3) is 3.31. The second kappa shape index (κ2) is 6.60. The van der Waals surface area contributed by atoms with E-state index in [9.17, 15) is 9.18 Å². The minimum atomic E-state index is -0.452. The van der Waals surface area contributed by atoms with Gasteiger partial charge < -0.3 is 10.1 Å². The van der Waals surface area contributed by atoms with Crippen LogP contribution in [0.3, 0.4) is 0 Å². The second-order valence-corrected chi connectivity index (χ2v) is 7.05. The molecule has 25 heavy (non-hydrogen) atoms. The maximum Gasteiger partial charge on any atom is 0.224 e. The first-order chi connectivity index (χ1) is 12.2. The zero-order chi connectivity index (χ0) is 17.3. The van der Waals surface area contributed by atoms with E-state index in [1.54, 1.807) is 12.1 Å². The molecule has 0 aromatic heterocycles. The van der Waals surface area contributed by atoms with Gasteiger partial charge in [0.1, 0.15) is 5.82 Å². The van der Waals surface area contributed by atoms with Crippen molar-refractivity contribution in [1.29, 1.82) is 0 Å². The predicted molar refractivity (Wildman–Crippen MR) is 93.6 cm³/mol. The molecule has 1 aliphatic heterocycles. The lowest BCUT2D eigenvalue weighted by Crippen LogP contribution is -2.50. The number of carbonyl (C=O) groups is 1. The Hall–Kier alpha value is -2.20. The van der Waals surface area contributed by atoms with Crippen LogP contribution in [0.5, 0.6) is 0 Å². The molecular weight excluding hydrogens is 317 g/mol. The zero-order valence-corrected chi connectivity index (χ0v) is 14.1. The van der Waals surface area contributed by atoms with Crippen LogP contribution in [0.4, 0.5) is 4.39 Å². The Kier molecular flexibility index (Phi) is 4.30. The molecule has 0 unspecified atom stereocenters. The van der Waals surface area contributed by atoms with Crippen LogP contribution in [0.1, 0.15) is 36.3 Å². The Morgan fingerprint density at radius 1 is 1.04 bits per heavy atom. The van der Waals surface area contributed by atoms with E-state index in [4.69, 9.17) is 4.74 Å². The van der Waals surface area contributed by atoms with Crippen LogP contribution in [0, 0.1) is 11.7 Å². The molecule has 2 fully saturated rings. The third-order valence-corrected chi connectivity index (χ3v) is 5.46. The van der Waals surface area contributed by atoms with Crippen LogP contribution in [0.15, 0.2) is 54.6 Å². The molecule has 2 aliphatic rings. The molecular formula is C21H22FNO2. The van der Waals surface area contributed by atoms with Gasteiger partial charge in [0.2, 0.25) is 5.91 Å². The standard InChI is InChI=1S/C21H22FNO2/c22-17-8-6-16(7-9-17)21(10-12-25-13-11-21)23-20(24)19-14-18(19)15-4-2-1-3-5-15/h1-9,18-19H,10-14H2,(H,23,24)/t18-,19+/m0/s1. The molecule has 1 saturated carbocycles. The first-order valence-corrected chi connectivity index (χ1v) is 8.89. The number of rotatable bonds is 4. The zero-order valence-electron chi connectivity index (χ0n) is 14.1. The number of hydrogen-bond acceptors (Lipinski definition) is 2. The molecule has 1 heterocycles. The third-order valence-electron chi connectivity index (χ3n) is 5.46. The van der Waals surface area contributed by atoms with Crippen molar-refractivity contribution in [2.24, 2.45) is 5.92 Å². The van der Waals surface area contributed by atoms with E-state index in [0.717, 1.165) is 12.0 Å². The number of halogens is 1. The van der Waals surface area contributed by atoms with E-state index in [1.807, 2.05) is 18.2 Å². The van der Waals surface area contributed by atoms with E-state index in [2.05, 4.69) is 17.4 Å². The van der Waals surface area contributed by atoms with E-state index < -0.39 is 5.54 Å². The molecule has 2 aromatic rings. The highest BCUT2D eigenvalue weighted by atomic mass is 19.1. The van der Waals surface area contributed by atoms with Crippen LogP contribution >= 0.6 is 0 Å². The topological polar surface area (TPSA) is 38.3 Å². The van der Waals surface area contributed by atoms with E-state index in [0.29, 0.717) is 32.0 Å². The molecule has 1 N–H and O–H groups in total. The normalized spacial score (nSPS) is 24.5. The highest BCUT2D eigenvalue weighted by molar-refractivity contribution is 5.83. The van der Waals surface area contributed by atoms with Crippen LogP contribution in [-0.2, 0) is 15.1 Å². The maximum absolute atomic E-state index is 13.3. The number of ether oxygens (including phenoxy) is 1. The number of benzene rings is 2. The summed E-state index contributed by atoms with van der Waals surface area (Å²) in [5.41, 5.74) is 1.74. The highest BCUT2D eigenvalue weighted by Gasteiger charge is 2.47. The van der Waals surface area contributed by atoms with Gasteiger partial charge in [-0.15, -0.1) is 0 Å². The van der Waals surface area contributed by atoms with E-state index >= 15 is 0 Å². The van der Waals surface area contributed by atoms with Gasteiger partial charge in [0.15, 0.2) is 0 Å². The summed E-state index contributed by atoms with van der Waals surface area (Å²) in [5.74, 6) is 0.178. The molecule has 2 aromatic carbocycles. The highest BCUT2D eigenvalue weighted by Crippen LogP contribution is 2.48. The lowest BCUT2D eigenvalue weighted by Gasteiger charge is -2.38. The molecule has 4 heteroatoms. The molecule has 0 bridgehead atoms. The van der Waals surface area contributed by atoms with Gasteiger partial charge in [-0.3, -0.25) is 4.79 Å². The molecule has 0 radical (unpaired) electrons. The van der Waals surface area contributed by atoms with Gasteiger partial charge >= 0.3 is 0 Å². The van der Waals surface area contributed by atoms with Crippen molar-refractivity contribution in [2.75, 3.05) is 13.2 Å². The van der Waals surface area contributed by atoms with Gasteiger partial charge in [0, 0.05) is 19.1 Å². The van der Waals surface area contributed by atoms with Crippen LogP contribution in [0.2, 0.25) is 0 Å². The molecule has 1 amide bonds. The fourth-order valence-corrected chi connectivity index (χ4v) is 3.86. The maximum atomic E-state index is 13.3. The van der Waals surface area contributed by atoms with Crippen molar-refractivity contribution >= 4 is 5.91 Å². The summed E-state index contributed by atoms with van der Waals surface area (Å²) in [7, 11) is 0. The van der Waals surface area contributed by atoms with Crippen molar-refractivity contribution in [1.82, 2.24) is 5.32 Å². The average Bonchev–Trinajstić information content (AvgIpc) is 3.45. The molecule has 1 aliphatic carbocycles. The summed E-state index contributed by atoms with van der Waals surface area (Å²) in [5, 5.41) is 3.29. The summed E-state index contributed by atoms with van der Waals surface area (Å²) in [4.78, 5) is 12.9. The van der Waals surface area contributed by atoms with Crippen LogP contribution in [0.25, 0.3) is 0 Å². The molecule has 0 spiro atoms. The van der Waals surface area contributed by atoms with Crippen LogP contribution < -0.4 is 5.32 Å². The smallest absolute Gasteiger partial charge is 0.224 e. The van der Waals surface area contributed by atoms with Crippen molar-refractivity contribution in [3.05, 3.63) is 71.5 Å². The van der Waals surface area contributed by atoms with Gasteiger partial charge in [-0.25, -0.2) is 4.39 Å². The molecule has 3 nitrogen and oxygen atoms in total. The monoisotopic (exact) mass is 339 g/mol. The van der Waals surface area contributed by atoms with Gasteiger partial charge in [-0.05, 0) is 48.4 Å². The number of amides is 1. The molecule has 2 atom stereocenters. The Balaban J connectivity index is 1.51. The lowest BCUT2D eigenvalue weighted by atomic mass is 9.82. The summed E-state index contributed by atoms with van der Waals surface area (Å²) < 4.78 is 18.8. The van der Waals surface area contributed by atoms with Crippen molar-refractivity contribution in [2.45, 2.75) is 30.7 Å². The minimum Gasteiger partial charge on any atom is -0.381 e. The van der Waals surface area contributed by atoms with Gasteiger partial charge in [-0.1, -0.05) is 42.5 Å². The van der Waals surface area contributed by atoms with Crippen molar-refractivity contribution in [3.63, 3.8) is 0 Å². The van der Waals surface area contributed by atoms with E-state index in [-0.39, 0.29) is 17.6 Å². The summed E-state index contributed by atoms with van der Waals surface area (Å²) >= 11 is 0. The molecule has 4 rings (SSSR count). The van der Waals surface area contributed by atoms with Gasteiger partial charge in [-0.2, -0.15) is 0 Å². The summed E-state index contributed by atoms with van der Waals surface area (Å²) in [6.45, 7) is 1.20. The molecule has 130 valence electrons. The quantitative estimate of drug-likeness (QED) is 0.921. The van der Waals surface area contributed by atoms with E-state index in [1.165, 1.54) is 17.7 Å². The summed E-state index contributed by atoms with van der Waals surface area (Å²) in [6, 6.07) is 16.7. The van der Waals surface area contributed by atoms with Crippen LogP contribution in [-0.4, -0.2) is 19.1 Å². The average molecular weight is 339 g/mol. The fraction of sp³-hybridized carbons (Fsp3) is 0.381. The largest absolute Gasteiger partial charge is 0.381 e. The van der Waals surface area contributed by atoms with Crippen molar-refractivity contribution < 1.29 is 13.9 Å². The molecule has 1 saturated heterocycles.